The Balaban J connectivity index is 2.51. The van der Waals surface area contributed by atoms with Crippen molar-refractivity contribution in [2.24, 2.45) is 0 Å². The van der Waals surface area contributed by atoms with Gasteiger partial charge in [-0.3, -0.25) is 4.79 Å². The van der Waals surface area contributed by atoms with Gasteiger partial charge in [-0.05, 0) is 18.6 Å². The van der Waals surface area contributed by atoms with E-state index >= 15 is 0 Å². The largest absolute Gasteiger partial charge is 0.395 e. The van der Waals surface area contributed by atoms with E-state index < -0.39 is 0 Å². The molecule has 0 radical (unpaired) electrons. The van der Waals surface area contributed by atoms with Crippen LogP contribution in [0.3, 0.4) is 0 Å². The molecule has 1 aromatic rings. The van der Waals surface area contributed by atoms with E-state index in [4.69, 9.17) is 16.7 Å². The van der Waals surface area contributed by atoms with Gasteiger partial charge in [-0.15, -0.1) is 11.8 Å². The number of nitrogens with zero attached hydrogens (tertiary/aromatic N) is 1. The molecule has 1 amide bonds. The zero-order valence-electron chi connectivity index (χ0n) is 10.4. The van der Waals surface area contributed by atoms with E-state index in [-0.39, 0.29) is 12.5 Å². The molecule has 0 aliphatic heterocycles. The van der Waals surface area contributed by atoms with Crippen molar-refractivity contribution in [3.8, 4) is 0 Å². The molecule has 1 aromatic carbocycles. The second kappa shape index (κ2) is 8.40. The Kier molecular flexibility index (Phi) is 7.16. The van der Waals surface area contributed by atoms with E-state index in [1.165, 1.54) is 11.8 Å². The lowest BCUT2D eigenvalue weighted by Gasteiger charge is -2.20. The minimum atomic E-state index is 0.00248. The average molecular weight is 288 g/mol. The first kappa shape index (κ1) is 15.3. The predicted octanol–water partition coefficient (Wildman–Crippen LogP) is 2.66. The zero-order valence-corrected chi connectivity index (χ0v) is 12.0. The number of aliphatic hydroxyl groups excluding tert-OH is 1. The molecule has 0 atom stereocenters. The number of aliphatic hydroxyl groups is 1. The maximum atomic E-state index is 12.0. The molecule has 3 nitrogen and oxygen atoms in total. The smallest absolute Gasteiger partial charge is 0.233 e. The standard InChI is InChI=1S/C13H18ClNO2S/c1-2-7-15(8-9-16)13(17)10-18-12-6-4-3-5-11(12)14/h3-6,16H,2,7-10H2,1H3. The van der Waals surface area contributed by atoms with Crippen LogP contribution in [0.1, 0.15) is 13.3 Å². The highest BCUT2D eigenvalue weighted by molar-refractivity contribution is 8.00. The van der Waals surface area contributed by atoms with Crippen LogP contribution in [0.4, 0.5) is 0 Å². The molecular formula is C13H18ClNO2S. The average Bonchev–Trinajstić information content (AvgIpc) is 2.37. The van der Waals surface area contributed by atoms with Crippen LogP contribution in [0.25, 0.3) is 0 Å². The molecule has 18 heavy (non-hydrogen) atoms. The third-order valence-electron chi connectivity index (χ3n) is 2.40. The molecule has 0 aromatic heterocycles. The van der Waals surface area contributed by atoms with Gasteiger partial charge in [-0.1, -0.05) is 30.7 Å². The van der Waals surface area contributed by atoms with Gasteiger partial charge in [0.25, 0.3) is 0 Å². The highest BCUT2D eigenvalue weighted by Gasteiger charge is 2.12. The van der Waals surface area contributed by atoms with E-state index in [0.29, 0.717) is 23.9 Å². The normalized spacial score (nSPS) is 10.4. The van der Waals surface area contributed by atoms with Crippen LogP contribution >= 0.6 is 23.4 Å². The lowest BCUT2D eigenvalue weighted by molar-refractivity contribution is -0.128. The molecule has 1 rings (SSSR count). The van der Waals surface area contributed by atoms with Gasteiger partial charge in [0.1, 0.15) is 0 Å². The number of amides is 1. The summed E-state index contributed by atoms with van der Waals surface area (Å²) >= 11 is 7.45. The summed E-state index contributed by atoms with van der Waals surface area (Å²) in [5.74, 6) is 0.389. The Morgan fingerprint density at radius 3 is 2.72 bits per heavy atom. The number of hydrogen-bond donors (Lipinski definition) is 1. The van der Waals surface area contributed by atoms with E-state index in [1.54, 1.807) is 4.90 Å². The Labute approximate surface area is 117 Å². The Morgan fingerprint density at radius 2 is 2.11 bits per heavy atom. The fraction of sp³-hybridized carbons (Fsp3) is 0.462. The van der Waals surface area contributed by atoms with Crippen LogP contribution in [0.2, 0.25) is 5.02 Å². The lowest BCUT2D eigenvalue weighted by Crippen LogP contribution is -2.35. The highest BCUT2D eigenvalue weighted by atomic mass is 35.5. The zero-order chi connectivity index (χ0) is 13.4. The Hall–Kier alpha value is -0.710. The Bertz CT molecular complexity index is 381. The quantitative estimate of drug-likeness (QED) is 0.784. The van der Waals surface area contributed by atoms with Crippen molar-refractivity contribution in [3.63, 3.8) is 0 Å². The van der Waals surface area contributed by atoms with E-state index in [9.17, 15) is 4.79 Å². The van der Waals surface area contributed by atoms with Crippen molar-refractivity contribution in [1.29, 1.82) is 0 Å². The van der Waals surface area contributed by atoms with Gasteiger partial charge < -0.3 is 10.0 Å². The molecule has 0 aliphatic rings. The van der Waals surface area contributed by atoms with Gasteiger partial charge in [-0.25, -0.2) is 0 Å². The summed E-state index contributed by atoms with van der Waals surface area (Å²) in [5, 5.41) is 9.59. The molecule has 0 fully saturated rings. The molecular weight excluding hydrogens is 270 g/mol. The number of rotatable bonds is 7. The molecule has 0 spiro atoms. The third-order valence-corrected chi connectivity index (χ3v) is 3.90. The number of thioether (sulfide) groups is 1. The van der Waals surface area contributed by atoms with Crippen molar-refractivity contribution in [3.05, 3.63) is 29.3 Å². The molecule has 0 heterocycles. The van der Waals surface area contributed by atoms with Crippen LogP contribution in [0, 0.1) is 0 Å². The maximum absolute atomic E-state index is 12.0. The summed E-state index contributed by atoms with van der Waals surface area (Å²) < 4.78 is 0. The molecule has 0 saturated heterocycles. The minimum absolute atomic E-state index is 0.00248. The van der Waals surface area contributed by atoms with Crippen LogP contribution in [0.15, 0.2) is 29.2 Å². The van der Waals surface area contributed by atoms with Gasteiger partial charge in [-0.2, -0.15) is 0 Å². The van der Waals surface area contributed by atoms with Crippen LogP contribution in [0.5, 0.6) is 0 Å². The number of hydrogen-bond acceptors (Lipinski definition) is 3. The molecule has 5 heteroatoms. The van der Waals surface area contributed by atoms with Crippen molar-refractivity contribution in [2.45, 2.75) is 18.2 Å². The van der Waals surface area contributed by atoms with Gasteiger partial charge >= 0.3 is 0 Å². The number of benzene rings is 1. The van der Waals surface area contributed by atoms with E-state index in [1.807, 2.05) is 31.2 Å². The number of carbonyl (C=O) groups is 1. The van der Waals surface area contributed by atoms with Crippen molar-refractivity contribution >= 4 is 29.3 Å². The van der Waals surface area contributed by atoms with Gasteiger partial charge in [0, 0.05) is 18.0 Å². The van der Waals surface area contributed by atoms with Crippen molar-refractivity contribution < 1.29 is 9.90 Å². The van der Waals surface area contributed by atoms with Gasteiger partial charge in [0.2, 0.25) is 5.91 Å². The predicted molar refractivity (Wildman–Crippen MR) is 76.1 cm³/mol. The molecule has 100 valence electrons. The Morgan fingerprint density at radius 1 is 1.39 bits per heavy atom. The lowest BCUT2D eigenvalue weighted by atomic mass is 10.4. The first-order chi connectivity index (χ1) is 8.69. The summed E-state index contributed by atoms with van der Waals surface area (Å²) in [5.41, 5.74) is 0. The summed E-state index contributed by atoms with van der Waals surface area (Å²) in [6.45, 7) is 3.10. The summed E-state index contributed by atoms with van der Waals surface area (Å²) in [6, 6.07) is 7.47. The molecule has 1 N–H and O–H groups in total. The first-order valence-corrected chi connectivity index (χ1v) is 7.31. The van der Waals surface area contributed by atoms with Crippen LogP contribution in [-0.2, 0) is 4.79 Å². The second-order valence-electron chi connectivity index (χ2n) is 3.82. The topological polar surface area (TPSA) is 40.5 Å². The number of halogens is 1. The van der Waals surface area contributed by atoms with Crippen molar-refractivity contribution in [1.82, 2.24) is 4.90 Å². The molecule has 0 bridgehead atoms. The first-order valence-electron chi connectivity index (χ1n) is 5.95. The van der Waals surface area contributed by atoms with E-state index in [0.717, 1.165) is 11.3 Å². The van der Waals surface area contributed by atoms with E-state index in [2.05, 4.69) is 0 Å². The fourth-order valence-corrected chi connectivity index (χ4v) is 2.69. The number of carbonyl (C=O) groups excluding carboxylic acids is 1. The summed E-state index contributed by atoms with van der Waals surface area (Å²) in [7, 11) is 0. The monoisotopic (exact) mass is 287 g/mol. The third kappa shape index (κ3) is 4.88. The van der Waals surface area contributed by atoms with Gasteiger partial charge in [0.05, 0.1) is 17.4 Å². The SMILES string of the molecule is CCCN(CCO)C(=O)CSc1ccccc1Cl. The van der Waals surface area contributed by atoms with Crippen molar-refractivity contribution in [2.75, 3.05) is 25.4 Å². The van der Waals surface area contributed by atoms with Crippen LogP contribution in [-0.4, -0.2) is 41.4 Å². The summed E-state index contributed by atoms with van der Waals surface area (Å²) in [4.78, 5) is 14.6. The maximum Gasteiger partial charge on any atom is 0.233 e. The molecule has 0 unspecified atom stereocenters. The second-order valence-corrected chi connectivity index (χ2v) is 5.25. The molecule has 0 aliphatic carbocycles. The fourth-order valence-electron chi connectivity index (χ4n) is 1.54. The minimum Gasteiger partial charge on any atom is -0.395 e. The highest BCUT2D eigenvalue weighted by Crippen LogP contribution is 2.26. The van der Waals surface area contributed by atoms with Crippen LogP contribution < -0.4 is 0 Å². The summed E-state index contributed by atoms with van der Waals surface area (Å²) in [6.07, 6.45) is 0.891. The van der Waals surface area contributed by atoms with Gasteiger partial charge in [0.15, 0.2) is 0 Å². The molecule has 0 saturated carbocycles.